The molecule has 9 heteroatoms. The van der Waals surface area contributed by atoms with Gasteiger partial charge in [-0.15, -0.1) is 13.2 Å². The molecule has 3 N–H and O–H groups in total. The third kappa shape index (κ3) is 3.00. The predicted molar refractivity (Wildman–Crippen MR) is 57.0 cm³/mol. The molecule has 19 heavy (non-hydrogen) atoms. The Bertz CT molecular complexity index is 592. The van der Waals surface area contributed by atoms with E-state index in [2.05, 4.69) is 20.1 Å². The van der Waals surface area contributed by atoms with Gasteiger partial charge in [0.2, 0.25) is 0 Å². The third-order valence-corrected chi connectivity index (χ3v) is 2.14. The number of rotatable bonds is 3. The molecule has 1 amide bonds. The molecule has 1 aromatic carbocycles. The number of nitrogens with two attached hydrogens (primary N) is 1. The molecule has 1 heterocycles. The van der Waals surface area contributed by atoms with Crippen LogP contribution in [-0.4, -0.2) is 27.7 Å². The fourth-order valence-corrected chi connectivity index (χ4v) is 1.42. The van der Waals surface area contributed by atoms with Crippen LogP contribution >= 0.6 is 0 Å². The minimum atomic E-state index is -4.76. The minimum absolute atomic E-state index is 0.0931. The lowest BCUT2D eigenvalue weighted by atomic mass is 10.1. The third-order valence-electron chi connectivity index (χ3n) is 2.14. The van der Waals surface area contributed by atoms with Crippen LogP contribution in [0.15, 0.2) is 24.3 Å². The van der Waals surface area contributed by atoms with Gasteiger partial charge in [0.15, 0.2) is 5.69 Å². The van der Waals surface area contributed by atoms with Gasteiger partial charge < -0.3 is 10.5 Å². The minimum Gasteiger partial charge on any atom is -0.406 e. The maximum atomic E-state index is 12.0. The molecule has 0 radical (unpaired) electrons. The molecule has 0 saturated heterocycles. The standard InChI is InChI=1S/C10H7F3N4O2/c11-10(12,13)19-6-3-1-5(2-4-6)7-8(9(14)18)16-17-15-7/h1-4H,(H2,14,18)(H,15,16,17). The summed E-state index contributed by atoms with van der Waals surface area (Å²) in [6.45, 7) is 0. The van der Waals surface area contributed by atoms with Crippen LogP contribution in [0.1, 0.15) is 10.5 Å². The lowest BCUT2D eigenvalue weighted by Crippen LogP contribution is -2.17. The molecule has 0 saturated carbocycles. The highest BCUT2D eigenvalue weighted by Crippen LogP contribution is 2.26. The number of hydrogen-bond acceptors (Lipinski definition) is 4. The van der Waals surface area contributed by atoms with E-state index in [9.17, 15) is 18.0 Å². The molecule has 0 spiro atoms. The molecular formula is C10H7F3N4O2. The smallest absolute Gasteiger partial charge is 0.406 e. The van der Waals surface area contributed by atoms with Crippen molar-refractivity contribution in [3.8, 4) is 17.0 Å². The van der Waals surface area contributed by atoms with Gasteiger partial charge in [-0.2, -0.15) is 15.4 Å². The van der Waals surface area contributed by atoms with Crippen LogP contribution in [0, 0.1) is 0 Å². The second-order valence-electron chi connectivity index (χ2n) is 3.46. The topological polar surface area (TPSA) is 93.9 Å². The maximum Gasteiger partial charge on any atom is 0.573 e. The van der Waals surface area contributed by atoms with Crippen LogP contribution in [0.25, 0.3) is 11.3 Å². The zero-order valence-corrected chi connectivity index (χ0v) is 9.23. The van der Waals surface area contributed by atoms with E-state index < -0.39 is 12.3 Å². The molecule has 100 valence electrons. The number of aromatic amines is 1. The van der Waals surface area contributed by atoms with Gasteiger partial charge in [0.05, 0.1) is 0 Å². The van der Waals surface area contributed by atoms with E-state index in [1.54, 1.807) is 0 Å². The summed E-state index contributed by atoms with van der Waals surface area (Å²) >= 11 is 0. The summed E-state index contributed by atoms with van der Waals surface area (Å²) < 4.78 is 39.6. The van der Waals surface area contributed by atoms with Crippen LogP contribution in [0.2, 0.25) is 0 Å². The van der Waals surface area contributed by atoms with E-state index in [4.69, 9.17) is 5.73 Å². The van der Waals surface area contributed by atoms with Crippen molar-refractivity contribution >= 4 is 5.91 Å². The molecule has 0 unspecified atom stereocenters. The van der Waals surface area contributed by atoms with Crippen LogP contribution in [0.5, 0.6) is 5.75 Å². The van der Waals surface area contributed by atoms with Crippen molar-refractivity contribution in [2.45, 2.75) is 6.36 Å². The number of ether oxygens (including phenoxy) is 1. The number of carbonyl (C=O) groups is 1. The fraction of sp³-hybridized carbons (Fsp3) is 0.100. The number of amides is 1. The second-order valence-corrected chi connectivity index (χ2v) is 3.46. The van der Waals surface area contributed by atoms with E-state index in [1.165, 1.54) is 12.1 Å². The van der Waals surface area contributed by atoms with Crippen LogP contribution in [-0.2, 0) is 0 Å². The first-order valence-electron chi connectivity index (χ1n) is 4.93. The second kappa shape index (κ2) is 4.59. The van der Waals surface area contributed by atoms with Gasteiger partial charge in [-0.05, 0) is 24.3 Å². The highest BCUT2D eigenvalue weighted by molar-refractivity contribution is 5.96. The molecular weight excluding hydrogens is 265 g/mol. The maximum absolute atomic E-state index is 12.0. The van der Waals surface area contributed by atoms with Crippen molar-refractivity contribution in [2.75, 3.05) is 0 Å². The lowest BCUT2D eigenvalue weighted by molar-refractivity contribution is -0.274. The number of nitrogens with zero attached hydrogens (tertiary/aromatic N) is 2. The van der Waals surface area contributed by atoms with Gasteiger partial charge in [0, 0.05) is 5.56 Å². The zero-order chi connectivity index (χ0) is 14.0. The van der Waals surface area contributed by atoms with Crippen LogP contribution in [0.4, 0.5) is 13.2 Å². The van der Waals surface area contributed by atoms with Crippen LogP contribution < -0.4 is 10.5 Å². The Morgan fingerprint density at radius 3 is 2.37 bits per heavy atom. The molecule has 0 aliphatic rings. The Kier molecular flexibility index (Phi) is 3.11. The molecule has 0 atom stereocenters. The van der Waals surface area contributed by atoms with Crippen LogP contribution in [0.3, 0.4) is 0 Å². The molecule has 0 aliphatic heterocycles. The fourth-order valence-electron chi connectivity index (χ4n) is 1.42. The summed E-state index contributed by atoms with van der Waals surface area (Å²) in [7, 11) is 0. The SMILES string of the molecule is NC(=O)c1n[nH]nc1-c1ccc(OC(F)(F)F)cc1. The number of nitrogens with one attached hydrogen (secondary N) is 1. The number of H-pyrrole nitrogens is 1. The Morgan fingerprint density at radius 2 is 1.84 bits per heavy atom. The van der Waals surface area contributed by atoms with E-state index in [-0.39, 0.29) is 17.1 Å². The number of hydrogen-bond donors (Lipinski definition) is 2. The van der Waals surface area contributed by atoms with Crippen molar-refractivity contribution < 1.29 is 22.7 Å². The van der Waals surface area contributed by atoms with Gasteiger partial charge in [-0.3, -0.25) is 4.79 Å². The van der Waals surface area contributed by atoms with Crippen molar-refractivity contribution in [1.82, 2.24) is 15.4 Å². The largest absolute Gasteiger partial charge is 0.573 e. The highest BCUT2D eigenvalue weighted by atomic mass is 19.4. The zero-order valence-electron chi connectivity index (χ0n) is 9.23. The number of aromatic nitrogens is 3. The first-order valence-corrected chi connectivity index (χ1v) is 4.93. The van der Waals surface area contributed by atoms with E-state index in [0.717, 1.165) is 12.1 Å². The number of carbonyl (C=O) groups excluding carboxylic acids is 1. The molecule has 6 nitrogen and oxygen atoms in total. The van der Waals surface area contributed by atoms with E-state index >= 15 is 0 Å². The molecule has 0 fully saturated rings. The Labute approximate surface area is 104 Å². The Balaban J connectivity index is 2.28. The summed E-state index contributed by atoms with van der Waals surface area (Å²) in [6.07, 6.45) is -4.76. The Hall–Kier alpha value is -2.58. The molecule has 2 aromatic rings. The summed E-state index contributed by atoms with van der Waals surface area (Å²) in [5, 5.41) is 9.48. The van der Waals surface area contributed by atoms with Crippen molar-refractivity contribution in [2.24, 2.45) is 5.73 Å². The first-order chi connectivity index (χ1) is 8.87. The Morgan fingerprint density at radius 1 is 1.21 bits per heavy atom. The average Bonchev–Trinajstić information content (AvgIpc) is 2.76. The van der Waals surface area contributed by atoms with Gasteiger partial charge in [-0.1, -0.05) is 0 Å². The number of benzene rings is 1. The molecule has 0 aliphatic carbocycles. The summed E-state index contributed by atoms with van der Waals surface area (Å²) in [5.74, 6) is -1.17. The average molecular weight is 272 g/mol. The van der Waals surface area contributed by atoms with Gasteiger partial charge in [0.1, 0.15) is 11.4 Å². The van der Waals surface area contributed by atoms with Crippen molar-refractivity contribution in [1.29, 1.82) is 0 Å². The van der Waals surface area contributed by atoms with Gasteiger partial charge in [0.25, 0.3) is 5.91 Å². The summed E-state index contributed by atoms with van der Waals surface area (Å²) in [6, 6.07) is 4.82. The highest BCUT2D eigenvalue weighted by Gasteiger charge is 2.31. The molecule has 0 bridgehead atoms. The monoisotopic (exact) mass is 272 g/mol. The van der Waals surface area contributed by atoms with Crippen molar-refractivity contribution in [3.63, 3.8) is 0 Å². The van der Waals surface area contributed by atoms with E-state index in [1.807, 2.05) is 0 Å². The number of primary amides is 1. The van der Waals surface area contributed by atoms with Crippen molar-refractivity contribution in [3.05, 3.63) is 30.0 Å². The molecule has 2 rings (SSSR count). The van der Waals surface area contributed by atoms with Gasteiger partial charge in [-0.25, -0.2) is 0 Å². The van der Waals surface area contributed by atoms with Gasteiger partial charge >= 0.3 is 6.36 Å². The number of halogens is 3. The van der Waals surface area contributed by atoms with E-state index in [0.29, 0.717) is 5.56 Å². The normalized spacial score (nSPS) is 11.3. The summed E-state index contributed by atoms with van der Waals surface area (Å²) in [5.41, 5.74) is 5.53. The first kappa shape index (κ1) is 12.9. The lowest BCUT2D eigenvalue weighted by Gasteiger charge is -2.08. The summed E-state index contributed by atoms with van der Waals surface area (Å²) in [4.78, 5) is 11.0. The molecule has 1 aromatic heterocycles. The quantitative estimate of drug-likeness (QED) is 0.884. The predicted octanol–water partition coefficient (Wildman–Crippen LogP) is 1.47. The number of alkyl halides is 3.